The lowest BCUT2D eigenvalue weighted by molar-refractivity contribution is -0.144. The standard InChI is InChI=1S/C15H20N2O6S/c1-22-15(21)13-11(2-7-24-13)16-12(18)8-10(14(19)20)9-17-3-5-23-6-4-17/h2,7,10H,3-6,8-9H2,1H3,(H,16,18)(H,19,20)/t10-/m1/s1. The van der Waals surface area contributed by atoms with Crippen LogP contribution in [0.15, 0.2) is 11.4 Å². The number of anilines is 1. The monoisotopic (exact) mass is 356 g/mol. The molecule has 2 rings (SSSR count). The van der Waals surface area contributed by atoms with Crippen molar-refractivity contribution in [3.8, 4) is 0 Å². The second-order valence-corrected chi connectivity index (χ2v) is 6.27. The van der Waals surface area contributed by atoms with Crippen molar-refractivity contribution in [1.82, 2.24) is 4.90 Å². The van der Waals surface area contributed by atoms with Gasteiger partial charge in [-0.05, 0) is 11.4 Å². The maximum Gasteiger partial charge on any atom is 0.350 e. The highest BCUT2D eigenvalue weighted by Crippen LogP contribution is 2.23. The van der Waals surface area contributed by atoms with Crippen molar-refractivity contribution in [2.75, 3.05) is 45.3 Å². The van der Waals surface area contributed by atoms with E-state index in [9.17, 15) is 19.5 Å². The van der Waals surface area contributed by atoms with E-state index >= 15 is 0 Å². The van der Waals surface area contributed by atoms with Gasteiger partial charge in [0.15, 0.2) is 0 Å². The average Bonchev–Trinajstić information content (AvgIpc) is 3.02. The molecule has 1 fully saturated rings. The Balaban J connectivity index is 1.94. The van der Waals surface area contributed by atoms with Crippen LogP contribution in [0.3, 0.4) is 0 Å². The van der Waals surface area contributed by atoms with E-state index in [2.05, 4.69) is 10.1 Å². The molecule has 0 unspecified atom stereocenters. The van der Waals surface area contributed by atoms with E-state index in [1.165, 1.54) is 7.11 Å². The van der Waals surface area contributed by atoms with Crippen molar-refractivity contribution in [1.29, 1.82) is 0 Å². The molecule has 0 aromatic carbocycles. The molecular weight excluding hydrogens is 336 g/mol. The van der Waals surface area contributed by atoms with Crippen LogP contribution >= 0.6 is 11.3 Å². The third-order valence-electron chi connectivity index (χ3n) is 3.67. The first-order valence-electron chi connectivity index (χ1n) is 7.49. The molecular formula is C15H20N2O6S. The third-order valence-corrected chi connectivity index (χ3v) is 4.57. The summed E-state index contributed by atoms with van der Waals surface area (Å²) in [6.45, 7) is 2.73. The van der Waals surface area contributed by atoms with Crippen LogP contribution in [0.4, 0.5) is 5.69 Å². The molecule has 1 aromatic heterocycles. The van der Waals surface area contributed by atoms with E-state index in [0.29, 0.717) is 38.5 Å². The molecule has 1 saturated heterocycles. The van der Waals surface area contributed by atoms with Gasteiger partial charge in [0.05, 0.1) is 31.9 Å². The number of rotatable bonds is 7. The van der Waals surface area contributed by atoms with Gasteiger partial charge in [0.1, 0.15) is 4.88 Å². The van der Waals surface area contributed by atoms with Crippen molar-refractivity contribution in [2.24, 2.45) is 5.92 Å². The summed E-state index contributed by atoms with van der Waals surface area (Å²) in [6.07, 6.45) is -0.164. The molecule has 1 atom stereocenters. The van der Waals surface area contributed by atoms with Crippen molar-refractivity contribution < 1.29 is 29.0 Å². The minimum atomic E-state index is -1.02. The summed E-state index contributed by atoms with van der Waals surface area (Å²) in [6, 6.07) is 1.59. The molecule has 1 aliphatic heterocycles. The number of carbonyl (C=O) groups excluding carboxylic acids is 2. The number of hydrogen-bond acceptors (Lipinski definition) is 7. The number of morpholine rings is 1. The van der Waals surface area contributed by atoms with Crippen LogP contribution in [-0.4, -0.2) is 67.8 Å². The SMILES string of the molecule is COC(=O)c1sccc1NC(=O)C[C@H](CN1CCOCC1)C(=O)O. The molecule has 0 aliphatic carbocycles. The first-order chi connectivity index (χ1) is 11.5. The molecule has 2 N–H and O–H groups in total. The first kappa shape index (κ1) is 18.4. The lowest BCUT2D eigenvalue weighted by atomic mass is 10.0. The van der Waals surface area contributed by atoms with Crippen LogP contribution in [0.5, 0.6) is 0 Å². The zero-order valence-corrected chi connectivity index (χ0v) is 14.1. The molecule has 1 amide bonds. The van der Waals surface area contributed by atoms with Gasteiger partial charge in [-0.25, -0.2) is 4.79 Å². The summed E-state index contributed by atoms with van der Waals surface area (Å²) in [5.74, 6) is -2.82. The van der Waals surface area contributed by atoms with Gasteiger partial charge in [-0.3, -0.25) is 14.5 Å². The Labute approximate surface area is 143 Å². The Kier molecular flexibility index (Phi) is 6.71. The highest BCUT2D eigenvalue weighted by Gasteiger charge is 2.26. The molecule has 0 bridgehead atoms. The average molecular weight is 356 g/mol. The lowest BCUT2D eigenvalue weighted by Gasteiger charge is -2.28. The summed E-state index contributed by atoms with van der Waals surface area (Å²) in [5, 5.41) is 13.6. The predicted octanol–water partition coefficient (Wildman–Crippen LogP) is 0.896. The van der Waals surface area contributed by atoms with Crippen molar-refractivity contribution >= 4 is 34.9 Å². The van der Waals surface area contributed by atoms with E-state index in [1.807, 2.05) is 4.90 Å². The molecule has 24 heavy (non-hydrogen) atoms. The van der Waals surface area contributed by atoms with Gasteiger partial charge in [0, 0.05) is 26.1 Å². The molecule has 0 saturated carbocycles. The smallest absolute Gasteiger partial charge is 0.350 e. The Morgan fingerprint density at radius 3 is 2.75 bits per heavy atom. The largest absolute Gasteiger partial charge is 0.481 e. The van der Waals surface area contributed by atoms with Gasteiger partial charge < -0.3 is 19.9 Å². The quantitative estimate of drug-likeness (QED) is 0.699. The summed E-state index contributed by atoms with van der Waals surface area (Å²) in [5.41, 5.74) is 0.340. The van der Waals surface area contributed by atoms with Crippen LogP contribution in [0.2, 0.25) is 0 Å². The topological polar surface area (TPSA) is 105 Å². The van der Waals surface area contributed by atoms with Crippen LogP contribution in [0.1, 0.15) is 16.1 Å². The zero-order valence-electron chi connectivity index (χ0n) is 13.3. The summed E-state index contributed by atoms with van der Waals surface area (Å²) >= 11 is 1.15. The van der Waals surface area contributed by atoms with Gasteiger partial charge >= 0.3 is 11.9 Å². The van der Waals surface area contributed by atoms with E-state index in [1.54, 1.807) is 11.4 Å². The Morgan fingerprint density at radius 1 is 1.42 bits per heavy atom. The number of carbonyl (C=O) groups is 3. The van der Waals surface area contributed by atoms with Crippen molar-refractivity contribution in [3.05, 3.63) is 16.3 Å². The molecule has 2 heterocycles. The van der Waals surface area contributed by atoms with Crippen LogP contribution in [0, 0.1) is 5.92 Å². The van der Waals surface area contributed by atoms with Crippen LogP contribution < -0.4 is 5.32 Å². The van der Waals surface area contributed by atoms with Gasteiger partial charge in [-0.2, -0.15) is 0 Å². The van der Waals surface area contributed by atoms with E-state index in [-0.39, 0.29) is 11.3 Å². The number of carboxylic acids is 1. The summed E-state index contributed by atoms with van der Waals surface area (Å²) in [7, 11) is 1.26. The number of nitrogens with one attached hydrogen (secondary N) is 1. The Morgan fingerprint density at radius 2 is 2.12 bits per heavy atom. The zero-order chi connectivity index (χ0) is 17.5. The number of carboxylic acid groups (broad SMARTS) is 1. The fraction of sp³-hybridized carbons (Fsp3) is 0.533. The van der Waals surface area contributed by atoms with Gasteiger partial charge in [-0.15, -0.1) is 11.3 Å². The number of methoxy groups -OCH3 is 1. The number of amides is 1. The third kappa shape index (κ3) is 5.02. The maximum absolute atomic E-state index is 12.2. The fourth-order valence-corrected chi connectivity index (χ4v) is 3.17. The van der Waals surface area contributed by atoms with E-state index in [4.69, 9.17) is 4.74 Å². The minimum Gasteiger partial charge on any atom is -0.481 e. The molecule has 9 heteroatoms. The maximum atomic E-state index is 12.2. The molecule has 1 aromatic rings. The number of aliphatic carboxylic acids is 1. The highest BCUT2D eigenvalue weighted by atomic mass is 32.1. The fourth-order valence-electron chi connectivity index (χ4n) is 2.41. The number of ether oxygens (including phenoxy) is 2. The Hall–Kier alpha value is -1.97. The Bertz CT molecular complexity index is 597. The summed E-state index contributed by atoms with van der Waals surface area (Å²) in [4.78, 5) is 37.4. The van der Waals surface area contributed by atoms with Gasteiger partial charge in [-0.1, -0.05) is 0 Å². The first-order valence-corrected chi connectivity index (χ1v) is 8.37. The number of hydrogen-bond donors (Lipinski definition) is 2. The van der Waals surface area contributed by atoms with Crippen LogP contribution in [-0.2, 0) is 19.1 Å². The number of esters is 1. The summed E-state index contributed by atoms with van der Waals surface area (Å²) < 4.78 is 9.87. The molecule has 8 nitrogen and oxygen atoms in total. The second kappa shape index (κ2) is 8.76. The van der Waals surface area contributed by atoms with Crippen LogP contribution in [0.25, 0.3) is 0 Å². The number of nitrogens with zero attached hydrogens (tertiary/aromatic N) is 1. The molecule has 1 aliphatic rings. The molecule has 0 radical (unpaired) electrons. The van der Waals surface area contributed by atoms with Crippen molar-refractivity contribution in [2.45, 2.75) is 6.42 Å². The molecule has 132 valence electrons. The van der Waals surface area contributed by atoms with E-state index in [0.717, 1.165) is 11.3 Å². The van der Waals surface area contributed by atoms with Gasteiger partial charge in [0.2, 0.25) is 5.91 Å². The second-order valence-electron chi connectivity index (χ2n) is 5.36. The normalized spacial score (nSPS) is 16.4. The highest BCUT2D eigenvalue weighted by molar-refractivity contribution is 7.12. The predicted molar refractivity (Wildman–Crippen MR) is 87.3 cm³/mol. The van der Waals surface area contributed by atoms with Gasteiger partial charge in [0.25, 0.3) is 0 Å². The van der Waals surface area contributed by atoms with E-state index < -0.39 is 23.8 Å². The number of thiophene rings is 1. The minimum absolute atomic E-state index is 0.164. The van der Waals surface area contributed by atoms with Crippen molar-refractivity contribution in [3.63, 3.8) is 0 Å². The lowest BCUT2D eigenvalue weighted by Crippen LogP contribution is -2.41. The molecule has 0 spiro atoms.